The topological polar surface area (TPSA) is 69.0 Å². The Labute approximate surface area is 116 Å². The van der Waals surface area contributed by atoms with Crippen LogP contribution in [0.5, 0.6) is 0 Å². The van der Waals surface area contributed by atoms with Crippen molar-refractivity contribution in [1.82, 2.24) is 0 Å². The molecule has 0 aliphatic rings. The van der Waals surface area contributed by atoms with E-state index in [1.807, 2.05) is 6.92 Å². The molecule has 0 amide bonds. The molecule has 0 radical (unpaired) electrons. The molecule has 0 aromatic rings. The molecular weight excluding hydrogens is 238 g/mol. The van der Waals surface area contributed by atoms with Crippen LogP contribution in [0, 0.1) is 0 Å². The second-order valence-corrected chi connectivity index (χ2v) is 5.04. The van der Waals surface area contributed by atoms with E-state index < -0.39 is 6.23 Å². The third-order valence-corrected chi connectivity index (χ3v) is 2.73. The highest BCUT2D eigenvalue weighted by molar-refractivity contribution is 5.06. The SMILES string of the molecule is CC(C)=CCC/C(C)=C/CC/C(C)=C\C(O)N=[N+]=[N-]. The molecular formula is C15H25N3O. The van der Waals surface area contributed by atoms with Crippen molar-refractivity contribution in [3.63, 3.8) is 0 Å². The minimum Gasteiger partial charge on any atom is -0.383 e. The monoisotopic (exact) mass is 263 g/mol. The predicted molar refractivity (Wildman–Crippen MR) is 80.6 cm³/mol. The Morgan fingerprint density at radius 1 is 1.11 bits per heavy atom. The molecule has 0 saturated heterocycles. The fourth-order valence-corrected chi connectivity index (χ4v) is 1.66. The van der Waals surface area contributed by atoms with E-state index in [9.17, 15) is 5.11 Å². The van der Waals surface area contributed by atoms with Gasteiger partial charge in [-0.2, -0.15) is 0 Å². The summed E-state index contributed by atoms with van der Waals surface area (Å²) < 4.78 is 0. The van der Waals surface area contributed by atoms with Crippen molar-refractivity contribution in [2.45, 2.75) is 59.6 Å². The molecule has 1 N–H and O–H groups in total. The van der Waals surface area contributed by atoms with Gasteiger partial charge in [-0.25, -0.2) is 0 Å². The number of aliphatic hydroxyl groups is 1. The Kier molecular flexibility index (Phi) is 9.59. The van der Waals surface area contributed by atoms with E-state index in [2.05, 4.69) is 42.9 Å². The van der Waals surface area contributed by atoms with E-state index >= 15 is 0 Å². The van der Waals surface area contributed by atoms with Crippen molar-refractivity contribution < 1.29 is 5.11 Å². The van der Waals surface area contributed by atoms with Crippen LogP contribution in [0.4, 0.5) is 0 Å². The molecule has 0 aromatic carbocycles. The summed E-state index contributed by atoms with van der Waals surface area (Å²) in [5, 5.41) is 12.5. The minimum absolute atomic E-state index is 0.873. The van der Waals surface area contributed by atoms with Crippen molar-refractivity contribution in [3.05, 3.63) is 45.4 Å². The summed E-state index contributed by atoms with van der Waals surface area (Å²) in [5.41, 5.74) is 12.0. The zero-order chi connectivity index (χ0) is 14.7. The van der Waals surface area contributed by atoms with Crippen LogP contribution in [0.15, 0.2) is 40.1 Å². The van der Waals surface area contributed by atoms with Crippen LogP contribution in [0.2, 0.25) is 0 Å². The van der Waals surface area contributed by atoms with Crippen molar-refractivity contribution in [2.24, 2.45) is 5.11 Å². The maximum atomic E-state index is 9.28. The second-order valence-electron chi connectivity index (χ2n) is 5.04. The minimum atomic E-state index is -1.05. The largest absolute Gasteiger partial charge is 0.383 e. The van der Waals surface area contributed by atoms with Gasteiger partial charge in [0, 0.05) is 4.91 Å². The average molecular weight is 263 g/mol. The van der Waals surface area contributed by atoms with Crippen molar-refractivity contribution in [2.75, 3.05) is 0 Å². The van der Waals surface area contributed by atoms with Crippen LogP contribution in [-0.4, -0.2) is 11.3 Å². The molecule has 0 spiro atoms. The molecule has 106 valence electrons. The van der Waals surface area contributed by atoms with Gasteiger partial charge < -0.3 is 5.11 Å². The van der Waals surface area contributed by atoms with E-state index in [4.69, 9.17) is 5.53 Å². The van der Waals surface area contributed by atoms with E-state index in [0.29, 0.717) is 0 Å². The van der Waals surface area contributed by atoms with Gasteiger partial charge in [-0.3, -0.25) is 0 Å². The summed E-state index contributed by atoms with van der Waals surface area (Å²) in [6, 6.07) is 0. The molecule has 0 bridgehead atoms. The third kappa shape index (κ3) is 11.3. The average Bonchev–Trinajstić information content (AvgIpc) is 2.28. The molecule has 0 aliphatic carbocycles. The number of aliphatic hydroxyl groups excluding tert-OH is 1. The van der Waals surface area contributed by atoms with Crippen molar-refractivity contribution in [1.29, 1.82) is 0 Å². The lowest BCUT2D eigenvalue weighted by molar-refractivity contribution is 0.230. The molecule has 0 fully saturated rings. The number of rotatable bonds is 8. The molecule has 0 rings (SSSR count). The molecule has 1 unspecified atom stereocenters. The molecule has 0 heterocycles. The van der Waals surface area contributed by atoms with Crippen molar-refractivity contribution in [3.8, 4) is 0 Å². The van der Waals surface area contributed by atoms with Crippen LogP contribution in [0.25, 0.3) is 10.4 Å². The van der Waals surface area contributed by atoms with E-state index in [1.165, 1.54) is 11.1 Å². The first-order chi connectivity index (χ1) is 8.95. The standard InChI is InChI=1S/C15H25N3O/c1-12(2)7-5-8-13(3)9-6-10-14(4)11-15(19)17-18-16/h7,9,11,15,19H,5-6,8,10H2,1-4H3/b13-9+,14-11-. The molecule has 0 aromatic heterocycles. The van der Waals surface area contributed by atoms with E-state index in [0.717, 1.165) is 31.3 Å². The normalized spacial score (nSPS) is 13.7. The van der Waals surface area contributed by atoms with Gasteiger partial charge in [0.25, 0.3) is 0 Å². The number of hydrogen-bond acceptors (Lipinski definition) is 2. The Hall–Kier alpha value is -1.51. The third-order valence-electron chi connectivity index (χ3n) is 2.73. The summed E-state index contributed by atoms with van der Waals surface area (Å²) >= 11 is 0. The first-order valence-electron chi connectivity index (χ1n) is 6.64. The number of nitrogens with zero attached hydrogens (tertiary/aromatic N) is 3. The zero-order valence-corrected chi connectivity index (χ0v) is 12.4. The van der Waals surface area contributed by atoms with Crippen LogP contribution < -0.4 is 0 Å². The Morgan fingerprint density at radius 3 is 2.26 bits per heavy atom. The molecule has 4 heteroatoms. The Morgan fingerprint density at radius 2 is 1.68 bits per heavy atom. The summed E-state index contributed by atoms with van der Waals surface area (Å²) in [7, 11) is 0. The summed E-state index contributed by atoms with van der Waals surface area (Å²) in [4.78, 5) is 2.56. The van der Waals surface area contributed by atoms with Gasteiger partial charge in [0.2, 0.25) is 0 Å². The summed E-state index contributed by atoms with van der Waals surface area (Å²) in [5.74, 6) is 0. The maximum Gasteiger partial charge on any atom is 0.151 e. The van der Waals surface area contributed by atoms with Crippen molar-refractivity contribution >= 4 is 0 Å². The quantitative estimate of drug-likeness (QED) is 0.283. The molecule has 4 nitrogen and oxygen atoms in total. The van der Waals surface area contributed by atoms with Crippen LogP contribution in [-0.2, 0) is 0 Å². The van der Waals surface area contributed by atoms with Gasteiger partial charge in [0.05, 0.1) is 0 Å². The van der Waals surface area contributed by atoms with E-state index in [1.54, 1.807) is 6.08 Å². The Bertz CT molecular complexity index is 398. The van der Waals surface area contributed by atoms with Crippen LogP contribution in [0.1, 0.15) is 53.4 Å². The zero-order valence-electron chi connectivity index (χ0n) is 12.4. The fraction of sp³-hybridized carbons (Fsp3) is 0.600. The van der Waals surface area contributed by atoms with Gasteiger partial charge in [0.1, 0.15) is 0 Å². The maximum absolute atomic E-state index is 9.28. The number of allylic oxidation sites excluding steroid dienone is 5. The molecule has 1 atom stereocenters. The second kappa shape index (κ2) is 10.4. The van der Waals surface area contributed by atoms with Gasteiger partial charge >= 0.3 is 0 Å². The number of hydrogen-bond donors (Lipinski definition) is 1. The molecule has 0 aliphatic heterocycles. The Balaban J connectivity index is 4.06. The van der Waals surface area contributed by atoms with Gasteiger partial charge in [-0.05, 0) is 58.9 Å². The highest BCUT2D eigenvalue weighted by Gasteiger charge is 1.96. The molecule has 0 saturated carbocycles. The first-order valence-corrected chi connectivity index (χ1v) is 6.64. The summed E-state index contributed by atoms with van der Waals surface area (Å²) in [6.45, 7) is 8.31. The fourth-order valence-electron chi connectivity index (χ4n) is 1.66. The lowest BCUT2D eigenvalue weighted by atomic mass is 10.1. The van der Waals surface area contributed by atoms with Gasteiger partial charge in [0.15, 0.2) is 6.23 Å². The highest BCUT2D eigenvalue weighted by atomic mass is 16.3. The molecule has 19 heavy (non-hydrogen) atoms. The lowest BCUT2D eigenvalue weighted by Crippen LogP contribution is -1.96. The first kappa shape index (κ1) is 17.5. The van der Waals surface area contributed by atoms with Crippen LogP contribution in [0.3, 0.4) is 0 Å². The number of azide groups is 1. The lowest BCUT2D eigenvalue weighted by Gasteiger charge is -2.02. The predicted octanol–water partition coefficient (Wildman–Crippen LogP) is 5.03. The smallest absolute Gasteiger partial charge is 0.151 e. The van der Waals surface area contributed by atoms with E-state index in [-0.39, 0.29) is 0 Å². The van der Waals surface area contributed by atoms with Crippen LogP contribution >= 0.6 is 0 Å². The van der Waals surface area contributed by atoms with Gasteiger partial charge in [-0.15, -0.1) is 0 Å². The summed E-state index contributed by atoms with van der Waals surface area (Å²) in [6.07, 6.45) is 9.03. The highest BCUT2D eigenvalue weighted by Crippen LogP contribution is 2.12. The van der Waals surface area contributed by atoms with Gasteiger partial charge in [-0.1, -0.05) is 40.1 Å².